The highest BCUT2D eigenvalue weighted by Crippen LogP contribution is 2.31. The van der Waals surface area contributed by atoms with Crippen molar-refractivity contribution in [3.05, 3.63) is 35.9 Å². The summed E-state index contributed by atoms with van der Waals surface area (Å²) in [6.07, 6.45) is -0.504. The van der Waals surface area contributed by atoms with Crippen LogP contribution in [0.1, 0.15) is 39.2 Å². The van der Waals surface area contributed by atoms with Crippen LogP contribution in [0.2, 0.25) is 0 Å². The highest BCUT2D eigenvalue weighted by molar-refractivity contribution is 6.04. The van der Waals surface area contributed by atoms with Crippen LogP contribution in [0.15, 0.2) is 30.3 Å². The summed E-state index contributed by atoms with van der Waals surface area (Å²) < 4.78 is 5.25. The Hall–Kier alpha value is -2.25. The number of carbonyl (C=O) groups excluding carboxylic acids is 2. The lowest BCUT2D eigenvalue weighted by Gasteiger charge is -2.31. The van der Waals surface area contributed by atoms with Gasteiger partial charge in [0, 0.05) is 6.42 Å². The van der Waals surface area contributed by atoms with Crippen LogP contribution in [0.25, 0.3) is 0 Å². The van der Waals surface area contributed by atoms with Gasteiger partial charge in [-0.2, -0.15) is 0 Å². The number of carboxylic acid groups (broad SMARTS) is 1. The van der Waals surface area contributed by atoms with E-state index in [2.05, 4.69) is 0 Å². The molecule has 7 nitrogen and oxygen atoms in total. The van der Waals surface area contributed by atoms with E-state index in [1.165, 1.54) is 0 Å². The average molecular weight is 364 g/mol. The molecule has 0 saturated carbocycles. The Morgan fingerprint density at radius 2 is 1.73 bits per heavy atom. The van der Waals surface area contributed by atoms with E-state index in [-0.39, 0.29) is 19.4 Å². The van der Waals surface area contributed by atoms with Crippen molar-refractivity contribution in [2.24, 2.45) is 16.9 Å². The normalized spacial score (nSPS) is 15.0. The lowest BCUT2D eigenvalue weighted by Crippen LogP contribution is -2.48. The van der Waals surface area contributed by atoms with Crippen molar-refractivity contribution < 1.29 is 24.2 Å². The van der Waals surface area contributed by atoms with Crippen LogP contribution >= 0.6 is 0 Å². The van der Waals surface area contributed by atoms with Crippen molar-refractivity contribution in [3.8, 4) is 0 Å². The standard InChI is InChI=1S/C19H28N2O5/c1-18(2,3)26-17(25)19(9-10-20,16(23)24)12-15(22)14(21)11-13-7-5-4-6-8-13/h4-8,14H,9-12,20-21H2,1-3H3,(H,23,24). The predicted octanol–water partition coefficient (Wildman–Crippen LogP) is 1.28. The molecule has 144 valence electrons. The Labute approximate surface area is 153 Å². The molecule has 0 bridgehead atoms. The first-order chi connectivity index (χ1) is 12.0. The number of esters is 1. The Morgan fingerprint density at radius 3 is 2.19 bits per heavy atom. The molecule has 2 atom stereocenters. The van der Waals surface area contributed by atoms with Crippen LogP contribution in [0, 0.1) is 5.41 Å². The second kappa shape index (κ2) is 8.91. The number of rotatable bonds is 9. The molecule has 1 aromatic carbocycles. The van der Waals surface area contributed by atoms with Gasteiger partial charge in [-0.05, 0) is 45.7 Å². The molecule has 1 aromatic rings. The van der Waals surface area contributed by atoms with Crippen molar-refractivity contribution in [3.63, 3.8) is 0 Å². The van der Waals surface area contributed by atoms with E-state index < -0.39 is 41.2 Å². The highest BCUT2D eigenvalue weighted by atomic mass is 16.6. The Kier molecular flexibility index (Phi) is 7.47. The number of Topliss-reactive ketones (excluding diaryl/α,β-unsaturated/α-hetero) is 1. The fraction of sp³-hybridized carbons (Fsp3) is 0.526. The van der Waals surface area contributed by atoms with Gasteiger partial charge in [-0.1, -0.05) is 30.3 Å². The number of aliphatic carboxylic acids is 1. The number of nitrogens with two attached hydrogens (primary N) is 2. The molecule has 26 heavy (non-hydrogen) atoms. The third-order valence-corrected chi connectivity index (χ3v) is 3.96. The van der Waals surface area contributed by atoms with Gasteiger partial charge in [0.15, 0.2) is 11.2 Å². The maximum Gasteiger partial charge on any atom is 0.324 e. The summed E-state index contributed by atoms with van der Waals surface area (Å²) in [6, 6.07) is 8.22. The molecule has 0 spiro atoms. The zero-order chi connectivity index (χ0) is 20.0. The number of hydrogen-bond donors (Lipinski definition) is 3. The van der Waals surface area contributed by atoms with Crippen LogP contribution in [-0.4, -0.2) is 41.0 Å². The molecule has 0 aliphatic rings. The first-order valence-corrected chi connectivity index (χ1v) is 8.51. The highest BCUT2D eigenvalue weighted by Gasteiger charge is 2.50. The summed E-state index contributed by atoms with van der Waals surface area (Å²) >= 11 is 0. The fourth-order valence-corrected chi connectivity index (χ4v) is 2.57. The molecule has 7 heteroatoms. The smallest absolute Gasteiger partial charge is 0.324 e. The molecule has 0 saturated heterocycles. The average Bonchev–Trinajstić information content (AvgIpc) is 2.53. The summed E-state index contributed by atoms with van der Waals surface area (Å²) in [4.78, 5) is 37.1. The van der Waals surface area contributed by atoms with Crippen molar-refractivity contribution in [1.29, 1.82) is 0 Å². The Bertz CT molecular complexity index is 639. The first-order valence-electron chi connectivity index (χ1n) is 8.51. The van der Waals surface area contributed by atoms with Crippen LogP contribution in [-0.2, 0) is 25.5 Å². The van der Waals surface area contributed by atoms with Crippen LogP contribution in [0.4, 0.5) is 0 Å². The molecule has 2 unspecified atom stereocenters. The molecule has 0 amide bonds. The van der Waals surface area contributed by atoms with E-state index in [4.69, 9.17) is 16.2 Å². The molecular formula is C19H28N2O5. The summed E-state index contributed by atoms with van der Waals surface area (Å²) in [6.45, 7) is 4.81. The van der Waals surface area contributed by atoms with Gasteiger partial charge < -0.3 is 21.3 Å². The van der Waals surface area contributed by atoms with Gasteiger partial charge in [0.05, 0.1) is 6.04 Å². The molecule has 0 aliphatic heterocycles. The quantitative estimate of drug-likeness (QED) is 0.444. The second-order valence-electron chi connectivity index (χ2n) is 7.37. The van der Waals surface area contributed by atoms with Crippen molar-refractivity contribution in [2.45, 2.75) is 51.7 Å². The molecule has 0 radical (unpaired) electrons. The van der Waals surface area contributed by atoms with Crippen molar-refractivity contribution in [1.82, 2.24) is 0 Å². The minimum Gasteiger partial charge on any atom is -0.480 e. The third-order valence-electron chi connectivity index (χ3n) is 3.96. The van der Waals surface area contributed by atoms with Crippen LogP contribution < -0.4 is 11.5 Å². The van der Waals surface area contributed by atoms with Crippen LogP contribution in [0.5, 0.6) is 0 Å². The molecule has 0 aliphatic carbocycles. The van der Waals surface area contributed by atoms with Crippen LogP contribution in [0.3, 0.4) is 0 Å². The zero-order valence-electron chi connectivity index (χ0n) is 15.5. The van der Waals surface area contributed by atoms with E-state index >= 15 is 0 Å². The number of carbonyl (C=O) groups is 3. The van der Waals surface area contributed by atoms with E-state index in [1.807, 2.05) is 30.3 Å². The molecular weight excluding hydrogens is 336 g/mol. The molecule has 5 N–H and O–H groups in total. The summed E-state index contributed by atoms with van der Waals surface area (Å²) in [7, 11) is 0. The summed E-state index contributed by atoms with van der Waals surface area (Å²) in [5.41, 5.74) is 9.40. The molecule has 0 fully saturated rings. The monoisotopic (exact) mass is 364 g/mol. The number of carboxylic acids is 1. The number of ketones is 1. The fourth-order valence-electron chi connectivity index (χ4n) is 2.57. The second-order valence-corrected chi connectivity index (χ2v) is 7.37. The molecule has 0 aromatic heterocycles. The van der Waals surface area contributed by atoms with Gasteiger partial charge in [0.1, 0.15) is 5.60 Å². The summed E-state index contributed by atoms with van der Waals surface area (Å²) in [5, 5.41) is 9.69. The van der Waals surface area contributed by atoms with E-state index in [9.17, 15) is 19.5 Å². The van der Waals surface area contributed by atoms with E-state index in [0.29, 0.717) is 0 Å². The Balaban J connectivity index is 3.02. The SMILES string of the molecule is CC(C)(C)OC(=O)C(CCN)(CC(=O)C(N)Cc1ccccc1)C(=O)O. The number of hydrogen-bond acceptors (Lipinski definition) is 6. The first kappa shape index (κ1) is 21.8. The van der Waals surface area contributed by atoms with Gasteiger partial charge in [-0.25, -0.2) is 0 Å². The Morgan fingerprint density at radius 1 is 1.15 bits per heavy atom. The van der Waals surface area contributed by atoms with E-state index in [0.717, 1.165) is 5.56 Å². The zero-order valence-corrected chi connectivity index (χ0v) is 15.5. The van der Waals surface area contributed by atoms with Gasteiger partial charge in [0.2, 0.25) is 0 Å². The van der Waals surface area contributed by atoms with Gasteiger partial charge in [-0.15, -0.1) is 0 Å². The molecule has 1 rings (SSSR count). The van der Waals surface area contributed by atoms with Crippen molar-refractivity contribution in [2.75, 3.05) is 6.54 Å². The van der Waals surface area contributed by atoms with Gasteiger partial charge in [0.25, 0.3) is 0 Å². The largest absolute Gasteiger partial charge is 0.480 e. The van der Waals surface area contributed by atoms with Gasteiger partial charge in [-0.3, -0.25) is 14.4 Å². The lowest BCUT2D eigenvalue weighted by atomic mass is 9.77. The summed E-state index contributed by atoms with van der Waals surface area (Å²) in [5.74, 6) is -2.92. The predicted molar refractivity (Wildman–Crippen MR) is 97.3 cm³/mol. The minimum atomic E-state index is -2.03. The van der Waals surface area contributed by atoms with E-state index in [1.54, 1.807) is 20.8 Å². The van der Waals surface area contributed by atoms with Crippen molar-refractivity contribution >= 4 is 17.7 Å². The number of benzene rings is 1. The lowest BCUT2D eigenvalue weighted by molar-refractivity contribution is -0.179. The van der Waals surface area contributed by atoms with Gasteiger partial charge >= 0.3 is 11.9 Å². The maximum atomic E-state index is 12.6. The molecule has 0 heterocycles. The topological polar surface area (TPSA) is 133 Å². The third kappa shape index (κ3) is 5.93. The maximum absolute atomic E-state index is 12.6. The number of ether oxygens (including phenoxy) is 1. The minimum absolute atomic E-state index is 0.0766.